The maximum atomic E-state index is 4.29. The minimum absolute atomic E-state index is 0.312. The molecule has 2 nitrogen and oxygen atoms in total. The van der Waals surface area contributed by atoms with Crippen molar-refractivity contribution < 1.29 is 0 Å². The molecule has 106 valence electrons. The summed E-state index contributed by atoms with van der Waals surface area (Å²) in [6.07, 6.45) is 4.84. The second kappa shape index (κ2) is 6.67. The Morgan fingerprint density at radius 2 is 1.75 bits per heavy atom. The average Bonchev–Trinajstić information content (AvgIpc) is 2.45. The number of benzene rings is 1. The van der Waals surface area contributed by atoms with Crippen LogP contribution in [0.3, 0.4) is 0 Å². The lowest BCUT2D eigenvalue weighted by molar-refractivity contribution is 0.589. The maximum Gasteiger partial charge on any atom is 0.0373 e. The van der Waals surface area contributed by atoms with Crippen LogP contribution >= 0.6 is 0 Å². The van der Waals surface area contributed by atoms with Crippen LogP contribution in [0.1, 0.15) is 48.1 Å². The van der Waals surface area contributed by atoms with E-state index in [0.717, 1.165) is 6.42 Å². The Kier molecular flexibility index (Phi) is 4.91. The highest BCUT2D eigenvalue weighted by molar-refractivity contribution is 5.28. The predicted octanol–water partition coefficient (Wildman–Crippen LogP) is 4.02. The van der Waals surface area contributed by atoms with Crippen molar-refractivity contribution in [2.75, 3.05) is 7.05 Å². The Morgan fingerprint density at radius 1 is 1.05 bits per heavy atom. The molecule has 0 fully saturated rings. The Labute approximate surface area is 122 Å². The van der Waals surface area contributed by atoms with Crippen molar-refractivity contribution in [1.29, 1.82) is 0 Å². The molecule has 0 aliphatic rings. The summed E-state index contributed by atoms with van der Waals surface area (Å²) < 4.78 is 0. The molecule has 0 radical (unpaired) electrons. The molecule has 0 aliphatic heterocycles. The summed E-state index contributed by atoms with van der Waals surface area (Å²) in [5.74, 6) is 0.588. The molecule has 1 atom stereocenters. The molecule has 1 unspecified atom stereocenters. The van der Waals surface area contributed by atoms with Gasteiger partial charge < -0.3 is 5.32 Å². The van der Waals surface area contributed by atoms with Gasteiger partial charge in [-0.3, -0.25) is 4.98 Å². The minimum Gasteiger partial charge on any atom is -0.313 e. The molecule has 2 heteroatoms. The molecule has 2 rings (SSSR count). The van der Waals surface area contributed by atoms with Gasteiger partial charge in [-0.25, -0.2) is 0 Å². The maximum absolute atomic E-state index is 4.29. The van der Waals surface area contributed by atoms with Crippen LogP contribution in [0.25, 0.3) is 0 Å². The zero-order chi connectivity index (χ0) is 14.5. The van der Waals surface area contributed by atoms with Gasteiger partial charge in [-0.1, -0.05) is 44.2 Å². The molecule has 0 spiro atoms. The number of hydrogen-bond donors (Lipinski definition) is 1. The monoisotopic (exact) mass is 268 g/mol. The fourth-order valence-electron chi connectivity index (χ4n) is 2.43. The van der Waals surface area contributed by atoms with Crippen LogP contribution in [0.4, 0.5) is 0 Å². The van der Waals surface area contributed by atoms with Gasteiger partial charge in [0.15, 0.2) is 0 Å². The van der Waals surface area contributed by atoms with E-state index >= 15 is 0 Å². The van der Waals surface area contributed by atoms with Crippen LogP contribution in [0, 0.1) is 6.92 Å². The summed E-state index contributed by atoms with van der Waals surface area (Å²) in [5, 5.41) is 3.39. The third-order valence-corrected chi connectivity index (χ3v) is 3.73. The lowest BCUT2D eigenvalue weighted by Gasteiger charge is -2.17. The summed E-state index contributed by atoms with van der Waals surface area (Å²) in [7, 11) is 2.01. The van der Waals surface area contributed by atoms with Crippen LogP contribution in [0.15, 0.2) is 42.7 Å². The van der Waals surface area contributed by atoms with E-state index in [1.54, 1.807) is 0 Å². The third kappa shape index (κ3) is 3.67. The molecule has 0 aliphatic carbocycles. The van der Waals surface area contributed by atoms with Crippen molar-refractivity contribution >= 4 is 0 Å². The topological polar surface area (TPSA) is 24.9 Å². The van der Waals surface area contributed by atoms with E-state index in [9.17, 15) is 0 Å². The van der Waals surface area contributed by atoms with E-state index in [4.69, 9.17) is 0 Å². The number of pyridine rings is 1. The Hall–Kier alpha value is -1.67. The molecule has 1 heterocycles. The van der Waals surface area contributed by atoms with Crippen LogP contribution < -0.4 is 5.32 Å². The van der Waals surface area contributed by atoms with E-state index < -0.39 is 0 Å². The summed E-state index contributed by atoms with van der Waals surface area (Å²) >= 11 is 0. The number of aromatic nitrogens is 1. The molecular weight excluding hydrogens is 244 g/mol. The average molecular weight is 268 g/mol. The highest BCUT2D eigenvalue weighted by Gasteiger charge is 2.11. The fraction of sp³-hybridized carbons (Fsp3) is 0.389. The Bertz CT molecular complexity index is 544. The van der Waals surface area contributed by atoms with Gasteiger partial charge in [0.1, 0.15) is 0 Å². The number of rotatable bonds is 5. The first-order valence-electron chi connectivity index (χ1n) is 7.27. The van der Waals surface area contributed by atoms with Crippen LogP contribution in [-0.2, 0) is 6.42 Å². The largest absolute Gasteiger partial charge is 0.313 e. The van der Waals surface area contributed by atoms with Gasteiger partial charge in [-0.2, -0.15) is 0 Å². The predicted molar refractivity (Wildman–Crippen MR) is 85.0 cm³/mol. The highest BCUT2D eigenvalue weighted by Crippen LogP contribution is 2.20. The minimum atomic E-state index is 0.312. The molecular formula is C18H24N2. The molecule has 0 saturated heterocycles. The summed E-state index contributed by atoms with van der Waals surface area (Å²) in [5.41, 5.74) is 5.21. The number of nitrogens with zero attached hydrogens (tertiary/aromatic N) is 1. The van der Waals surface area contributed by atoms with E-state index in [0.29, 0.717) is 12.0 Å². The zero-order valence-corrected chi connectivity index (χ0v) is 12.9. The lowest BCUT2D eigenvalue weighted by atomic mass is 9.96. The first kappa shape index (κ1) is 14.7. The van der Waals surface area contributed by atoms with E-state index in [1.165, 1.54) is 22.3 Å². The Morgan fingerprint density at radius 3 is 2.30 bits per heavy atom. The van der Waals surface area contributed by atoms with Gasteiger partial charge in [0, 0.05) is 18.4 Å². The summed E-state index contributed by atoms with van der Waals surface area (Å²) in [6, 6.07) is 11.5. The molecule has 0 bridgehead atoms. The smallest absolute Gasteiger partial charge is 0.0373 e. The quantitative estimate of drug-likeness (QED) is 0.886. The standard InChI is InChI=1S/C18H24N2/c1-13(2)16-7-5-15(6-8-16)10-18(19-4)17-9-14(3)11-20-12-17/h5-9,11-13,18-19H,10H2,1-4H3. The lowest BCUT2D eigenvalue weighted by Crippen LogP contribution is -2.19. The number of nitrogens with one attached hydrogen (secondary N) is 1. The van der Waals surface area contributed by atoms with Gasteiger partial charge >= 0.3 is 0 Å². The van der Waals surface area contributed by atoms with Crippen molar-refractivity contribution in [2.45, 2.75) is 39.2 Å². The van der Waals surface area contributed by atoms with E-state index in [1.807, 2.05) is 19.4 Å². The second-order valence-corrected chi connectivity index (χ2v) is 5.74. The molecule has 1 aromatic heterocycles. The fourth-order valence-corrected chi connectivity index (χ4v) is 2.43. The van der Waals surface area contributed by atoms with Crippen molar-refractivity contribution in [3.63, 3.8) is 0 Å². The van der Waals surface area contributed by atoms with Crippen LogP contribution in [0.2, 0.25) is 0 Å². The van der Waals surface area contributed by atoms with Crippen molar-refractivity contribution in [1.82, 2.24) is 10.3 Å². The summed E-state index contributed by atoms with van der Waals surface area (Å²) in [4.78, 5) is 4.29. The summed E-state index contributed by atoms with van der Waals surface area (Å²) in [6.45, 7) is 6.54. The van der Waals surface area contributed by atoms with Gasteiger partial charge in [0.25, 0.3) is 0 Å². The van der Waals surface area contributed by atoms with Crippen LogP contribution in [-0.4, -0.2) is 12.0 Å². The number of hydrogen-bond acceptors (Lipinski definition) is 2. The second-order valence-electron chi connectivity index (χ2n) is 5.74. The van der Waals surface area contributed by atoms with Gasteiger partial charge in [-0.05, 0) is 48.6 Å². The van der Waals surface area contributed by atoms with Crippen molar-refractivity contribution in [3.8, 4) is 0 Å². The van der Waals surface area contributed by atoms with Gasteiger partial charge in [0.05, 0.1) is 0 Å². The van der Waals surface area contributed by atoms with Crippen LogP contribution in [0.5, 0.6) is 0 Å². The molecule has 1 N–H and O–H groups in total. The highest BCUT2D eigenvalue weighted by atomic mass is 14.9. The first-order chi connectivity index (χ1) is 9.60. The first-order valence-corrected chi connectivity index (χ1v) is 7.27. The number of aryl methyl sites for hydroxylation is 1. The Balaban J connectivity index is 2.14. The zero-order valence-electron chi connectivity index (χ0n) is 12.9. The molecule has 20 heavy (non-hydrogen) atoms. The normalized spacial score (nSPS) is 12.7. The van der Waals surface area contributed by atoms with Gasteiger partial charge in [-0.15, -0.1) is 0 Å². The molecule has 0 saturated carbocycles. The molecule has 1 aromatic carbocycles. The van der Waals surface area contributed by atoms with E-state index in [2.05, 4.69) is 61.4 Å². The third-order valence-electron chi connectivity index (χ3n) is 3.73. The van der Waals surface area contributed by atoms with E-state index in [-0.39, 0.29) is 0 Å². The van der Waals surface area contributed by atoms with Crippen molar-refractivity contribution in [3.05, 3.63) is 65.0 Å². The van der Waals surface area contributed by atoms with Crippen molar-refractivity contribution in [2.24, 2.45) is 0 Å². The number of likely N-dealkylation sites (N-methyl/N-ethyl adjacent to an activating group) is 1. The van der Waals surface area contributed by atoms with Gasteiger partial charge in [0.2, 0.25) is 0 Å². The SMILES string of the molecule is CNC(Cc1ccc(C(C)C)cc1)c1cncc(C)c1. The molecule has 2 aromatic rings. The molecule has 0 amide bonds.